The molecule has 0 aromatic carbocycles. The molecule has 1 aromatic rings. The molecule has 118 valence electrons. The van der Waals surface area contributed by atoms with Crippen LogP contribution in [0.15, 0.2) is 0 Å². The van der Waals surface area contributed by atoms with E-state index in [9.17, 15) is 9.90 Å². The quantitative estimate of drug-likeness (QED) is 0.772. The van der Waals surface area contributed by atoms with Crippen molar-refractivity contribution in [3.8, 4) is 0 Å². The number of nitrogens with two attached hydrogens (primary N) is 1. The average Bonchev–Trinajstić information content (AvgIpc) is 2.94. The summed E-state index contributed by atoms with van der Waals surface area (Å²) in [5.74, 6) is 0.0699. The first-order chi connectivity index (χ1) is 9.81. The molecular weight excluding hydrogens is 288 g/mol. The summed E-state index contributed by atoms with van der Waals surface area (Å²) >= 11 is 1.26. The lowest BCUT2D eigenvalue weighted by Gasteiger charge is -2.28. The number of hydrogen-bond donors (Lipinski definition) is 3. The van der Waals surface area contributed by atoms with Gasteiger partial charge in [0.05, 0.1) is 5.60 Å². The summed E-state index contributed by atoms with van der Waals surface area (Å²) in [6, 6.07) is 0.232. The molecule has 0 unspecified atom stereocenters. The van der Waals surface area contributed by atoms with Gasteiger partial charge in [-0.25, -0.2) is 4.98 Å². The summed E-state index contributed by atoms with van der Waals surface area (Å²) in [7, 11) is 1.70. The Morgan fingerprint density at radius 3 is 2.71 bits per heavy atom. The topological polar surface area (TPSA) is 91.5 Å². The Labute approximate surface area is 129 Å². The summed E-state index contributed by atoms with van der Waals surface area (Å²) in [5, 5.41) is 14.2. The van der Waals surface area contributed by atoms with Gasteiger partial charge < -0.3 is 21.1 Å². The number of aliphatic hydroxyl groups is 1. The van der Waals surface area contributed by atoms with Crippen molar-refractivity contribution in [1.29, 1.82) is 0 Å². The third-order valence-electron chi connectivity index (χ3n) is 3.67. The predicted octanol–water partition coefficient (Wildman–Crippen LogP) is 1.92. The van der Waals surface area contributed by atoms with Crippen LogP contribution >= 0.6 is 11.3 Å². The minimum Gasteiger partial charge on any atom is -0.388 e. The Morgan fingerprint density at radius 2 is 2.14 bits per heavy atom. The van der Waals surface area contributed by atoms with Crippen LogP contribution in [0.25, 0.3) is 0 Å². The van der Waals surface area contributed by atoms with Crippen LogP contribution in [-0.4, -0.2) is 46.1 Å². The fourth-order valence-corrected chi connectivity index (χ4v) is 3.70. The lowest BCUT2D eigenvalue weighted by molar-refractivity contribution is 0.0158. The summed E-state index contributed by atoms with van der Waals surface area (Å²) in [4.78, 5) is 18.6. The summed E-state index contributed by atoms with van der Waals surface area (Å²) < 4.78 is 0. The van der Waals surface area contributed by atoms with Crippen molar-refractivity contribution in [2.45, 2.75) is 51.2 Å². The molecule has 1 aromatic heterocycles. The number of thiazole rings is 1. The Balaban J connectivity index is 2.06. The van der Waals surface area contributed by atoms with Gasteiger partial charge in [0.15, 0.2) is 5.13 Å². The molecule has 4 N–H and O–H groups in total. The standard InChI is InChI=1S/C14H24N4O2S/c1-9(2)16-13-17-11(15)10(21-13)12(19)18(3)8-14(20)6-4-5-7-14/h9,20H,4-8,15H2,1-3H3,(H,16,17). The Kier molecular flexibility index (Phi) is 4.73. The van der Waals surface area contributed by atoms with E-state index in [1.807, 2.05) is 13.8 Å². The lowest BCUT2D eigenvalue weighted by atomic mass is 10.0. The van der Waals surface area contributed by atoms with Gasteiger partial charge in [0, 0.05) is 19.6 Å². The smallest absolute Gasteiger partial charge is 0.267 e. The van der Waals surface area contributed by atoms with E-state index in [1.165, 1.54) is 11.3 Å². The zero-order valence-electron chi connectivity index (χ0n) is 12.8. The second kappa shape index (κ2) is 6.19. The fraction of sp³-hybridized carbons (Fsp3) is 0.714. The highest BCUT2D eigenvalue weighted by atomic mass is 32.1. The highest BCUT2D eigenvalue weighted by Gasteiger charge is 2.34. The Morgan fingerprint density at radius 1 is 1.52 bits per heavy atom. The molecule has 1 aliphatic rings. The van der Waals surface area contributed by atoms with Crippen LogP contribution in [0.1, 0.15) is 49.2 Å². The fourth-order valence-electron chi connectivity index (χ4n) is 2.67. The van der Waals surface area contributed by atoms with Gasteiger partial charge in [0.2, 0.25) is 0 Å². The van der Waals surface area contributed by atoms with Crippen LogP contribution in [0.5, 0.6) is 0 Å². The molecule has 7 heteroatoms. The van der Waals surface area contributed by atoms with Crippen LogP contribution in [0, 0.1) is 0 Å². The normalized spacial score (nSPS) is 17.2. The molecule has 1 aliphatic carbocycles. The van der Waals surface area contributed by atoms with Crippen LogP contribution in [-0.2, 0) is 0 Å². The maximum atomic E-state index is 12.5. The molecule has 1 heterocycles. The molecule has 0 aliphatic heterocycles. The van der Waals surface area contributed by atoms with Gasteiger partial charge in [0.25, 0.3) is 5.91 Å². The maximum absolute atomic E-state index is 12.5. The zero-order valence-corrected chi connectivity index (χ0v) is 13.7. The molecule has 0 saturated heterocycles. The van der Waals surface area contributed by atoms with E-state index in [2.05, 4.69) is 10.3 Å². The lowest BCUT2D eigenvalue weighted by Crippen LogP contribution is -2.42. The predicted molar refractivity (Wildman–Crippen MR) is 85.7 cm³/mol. The van der Waals surface area contributed by atoms with E-state index in [0.717, 1.165) is 25.7 Å². The van der Waals surface area contributed by atoms with Crippen molar-refractivity contribution in [2.24, 2.45) is 0 Å². The third kappa shape index (κ3) is 3.85. The summed E-state index contributed by atoms with van der Waals surface area (Å²) in [6.45, 7) is 4.34. The number of nitrogens with zero attached hydrogens (tertiary/aromatic N) is 2. The number of amides is 1. The van der Waals surface area contributed by atoms with Crippen LogP contribution in [0.2, 0.25) is 0 Å². The maximum Gasteiger partial charge on any atom is 0.267 e. The van der Waals surface area contributed by atoms with Gasteiger partial charge >= 0.3 is 0 Å². The van der Waals surface area contributed by atoms with Gasteiger partial charge in [-0.15, -0.1) is 0 Å². The van der Waals surface area contributed by atoms with Crippen LogP contribution in [0.4, 0.5) is 10.9 Å². The highest BCUT2D eigenvalue weighted by molar-refractivity contribution is 7.18. The van der Waals surface area contributed by atoms with Gasteiger partial charge in [0.1, 0.15) is 10.7 Å². The molecule has 0 bridgehead atoms. The molecule has 6 nitrogen and oxygen atoms in total. The molecule has 21 heavy (non-hydrogen) atoms. The highest BCUT2D eigenvalue weighted by Crippen LogP contribution is 2.31. The second-order valence-electron chi connectivity index (χ2n) is 6.13. The van der Waals surface area contributed by atoms with Crippen LogP contribution < -0.4 is 11.1 Å². The van der Waals surface area contributed by atoms with E-state index in [0.29, 0.717) is 16.6 Å². The van der Waals surface area contributed by atoms with Crippen molar-refractivity contribution < 1.29 is 9.90 Å². The van der Waals surface area contributed by atoms with Crippen molar-refractivity contribution >= 4 is 28.2 Å². The van der Waals surface area contributed by atoms with Gasteiger partial charge in [-0.2, -0.15) is 0 Å². The molecule has 0 radical (unpaired) electrons. The number of hydrogen-bond acceptors (Lipinski definition) is 6. The average molecular weight is 312 g/mol. The van der Waals surface area contributed by atoms with Crippen LogP contribution in [0.3, 0.4) is 0 Å². The number of carbonyl (C=O) groups is 1. The molecular formula is C14H24N4O2S. The van der Waals surface area contributed by atoms with Crippen molar-refractivity contribution in [1.82, 2.24) is 9.88 Å². The molecule has 1 amide bonds. The zero-order chi connectivity index (χ0) is 15.6. The van der Waals surface area contributed by atoms with Gasteiger partial charge in [-0.05, 0) is 26.7 Å². The number of carbonyl (C=O) groups excluding carboxylic acids is 1. The Hall–Kier alpha value is -1.34. The van der Waals surface area contributed by atoms with E-state index >= 15 is 0 Å². The first-order valence-corrected chi connectivity index (χ1v) is 8.13. The van der Waals surface area contributed by atoms with Crippen molar-refractivity contribution in [3.63, 3.8) is 0 Å². The number of nitrogen functional groups attached to an aromatic ring is 1. The third-order valence-corrected chi connectivity index (χ3v) is 4.66. The monoisotopic (exact) mass is 312 g/mol. The number of nitrogens with one attached hydrogen (secondary N) is 1. The summed E-state index contributed by atoms with van der Waals surface area (Å²) in [5.41, 5.74) is 5.10. The van der Waals surface area contributed by atoms with E-state index in [1.54, 1.807) is 11.9 Å². The van der Waals surface area contributed by atoms with E-state index < -0.39 is 5.60 Å². The SMILES string of the molecule is CC(C)Nc1nc(N)c(C(=O)N(C)CC2(O)CCCC2)s1. The number of aromatic nitrogens is 1. The van der Waals surface area contributed by atoms with Crippen molar-refractivity contribution in [2.75, 3.05) is 24.6 Å². The molecule has 1 saturated carbocycles. The van der Waals surface area contributed by atoms with Gasteiger partial charge in [-0.1, -0.05) is 24.2 Å². The molecule has 0 atom stereocenters. The largest absolute Gasteiger partial charge is 0.388 e. The molecule has 0 spiro atoms. The molecule has 1 fully saturated rings. The molecule has 2 rings (SSSR count). The number of rotatable bonds is 5. The summed E-state index contributed by atoms with van der Waals surface area (Å²) in [6.07, 6.45) is 3.54. The Bertz CT molecular complexity index is 509. The first-order valence-electron chi connectivity index (χ1n) is 7.31. The van der Waals surface area contributed by atoms with E-state index in [-0.39, 0.29) is 17.8 Å². The second-order valence-corrected chi connectivity index (χ2v) is 7.12. The number of anilines is 2. The first kappa shape index (κ1) is 16.0. The minimum absolute atomic E-state index is 0.179. The number of likely N-dealkylation sites (N-methyl/N-ethyl adjacent to an activating group) is 1. The van der Waals surface area contributed by atoms with Crippen molar-refractivity contribution in [3.05, 3.63) is 4.88 Å². The van der Waals surface area contributed by atoms with E-state index in [4.69, 9.17) is 5.73 Å². The minimum atomic E-state index is -0.747. The van der Waals surface area contributed by atoms with Gasteiger partial charge in [-0.3, -0.25) is 4.79 Å².